The predicted molar refractivity (Wildman–Crippen MR) is 55.8 cm³/mol. The molecule has 0 aromatic carbocycles. The van der Waals surface area contributed by atoms with Gasteiger partial charge < -0.3 is 10.1 Å². The molecular formula is C11H23NO. The highest BCUT2D eigenvalue weighted by Crippen LogP contribution is 2.34. The van der Waals surface area contributed by atoms with Crippen LogP contribution in [-0.2, 0) is 4.74 Å². The average molecular weight is 185 g/mol. The van der Waals surface area contributed by atoms with Crippen LogP contribution in [0.5, 0.6) is 0 Å². The van der Waals surface area contributed by atoms with E-state index in [1.165, 1.54) is 25.7 Å². The molecule has 1 N–H and O–H groups in total. The van der Waals surface area contributed by atoms with Gasteiger partial charge in [0.25, 0.3) is 0 Å². The van der Waals surface area contributed by atoms with Crippen molar-refractivity contribution in [3.05, 3.63) is 0 Å². The highest BCUT2D eigenvalue weighted by Gasteiger charge is 2.30. The van der Waals surface area contributed by atoms with Crippen LogP contribution >= 0.6 is 0 Å². The third-order valence-corrected chi connectivity index (χ3v) is 3.52. The van der Waals surface area contributed by atoms with Gasteiger partial charge in [0.1, 0.15) is 0 Å². The lowest BCUT2D eigenvalue weighted by Crippen LogP contribution is -2.29. The van der Waals surface area contributed by atoms with Crippen LogP contribution in [0.2, 0.25) is 0 Å². The van der Waals surface area contributed by atoms with E-state index in [4.69, 9.17) is 4.74 Å². The van der Waals surface area contributed by atoms with E-state index in [2.05, 4.69) is 19.3 Å². The second kappa shape index (κ2) is 5.61. The highest BCUT2D eigenvalue weighted by molar-refractivity contribution is 4.85. The smallest absolute Gasteiger partial charge is 0.0462 e. The van der Waals surface area contributed by atoms with E-state index < -0.39 is 0 Å². The van der Waals surface area contributed by atoms with Crippen LogP contribution in [-0.4, -0.2) is 26.8 Å². The number of hydrogen-bond donors (Lipinski definition) is 1. The maximum atomic E-state index is 5.07. The first kappa shape index (κ1) is 11.0. The van der Waals surface area contributed by atoms with Crippen molar-refractivity contribution in [3.63, 3.8) is 0 Å². The van der Waals surface area contributed by atoms with E-state index in [1.54, 1.807) is 7.11 Å². The molecule has 1 saturated carbocycles. The minimum absolute atomic E-state index is 0.757. The topological polar surface area (TPSA) is 21.3 Å². The fourth-order valence-electron chi connectivity index (χ4n) is 2.55. The molecule has 0 spiro atoms. The van der Waals surface area contributed by atoms with E-state index in [-0.39, 0.29) is 0 Å². The molecule has 0 aromatic heterocycles. The Balaban J connectivity index is 2.20. The molecule has 2 nitrogen and oxygen atoms in total. The first-order chi connectivity index (χ1) is 6.29. The quantitative estimate of drug-likeness (QED) is 0.662. The molecule has 0 aromatic rings. The van der Waals surface area contributed by atoms with Crippen molar-refractivity contribution in [2.75, 3.05) is 20.8 Å². The van der Waals surface area contributed by atoms with Crippen molar-refractivity contribution in [2.24, 2.45) is 11.8 Å². The molecule has 78 valence electrons. The van der Waals surface area contributed by atoms with Gasteiger partial charge in [0.2, 0.25) is 0 Å². The number of rotatable bonds is 5. The van der Waals surface area contributed by atoms with Crippen LogP contribution in [0.1, 0.15) is 32.6 Å². The van der Waals surface area contributed by atoms with E-state index in [0.29, 0.717) is 0 Å². The van der Waals surface area contributed by atoms with Crippen LogP contribution in [0.3, 0.4) is 0 Å². The van der Waals surface area contributed by atoms with Gasteiger partial charge in [0.05, 0.1) is 0 Å². The van der Waals surface area contributed by atoms with E-state index in [1.807, 2.05) is 0 Å². The fourth-order valence-corrected chi connectivity index (χ4v) is 2.55. The maximum Gasteiger partial charge on any atom is 0.0462 e. The van der Waals surface area contributed by atoms with Crippen molar-refractivity contribution < 1.29 is 4.74 Å². The summed E-state index contributed by atoms with van der Waals surface area (Å²) in [5.41, 5.74) is 0. The Kier molecular flexibility index (Phi) is 4.74. The highest BCUT2D eigenvalue weighted by atomic mass is 16.5. The average Bonchev–Trinajstić information content (AvgIpc) is 2.48. The summed E-state index contributed by atoms with van der Waals surface area (Å²) in [7, 11) is 3.87. The molecular weight excluding hydrogens is 162 g/mol. The lowest BCUT2D eigenvalue weighted by Gasteiger charge is -2.19. The largest absolute Gasteiger partial charge is 0.385 e. The van der Waals surface area contributed by atoms with Gasteiger partial charge in [-0.1, -0.05) is 6.92 Å². The zero-order valence-electron chi connectivity index (χ0n) is 9.18. The molecule has 3 unspecified atom stereocenters. The third-order valence-electron chi connectivity index (χ3n) is 3.52. The molecule has 0 radical (unpaired) electrons. The molecule has 13 heavy (non-hydrogen) atoms. The normalized spacial score (nSPS) is 33.9. The molecule has 2 heteroatoms. The van der Waals surface area contributed by atoms with Crippen LogP contribution in [0, 0.1) is 11.8 Å². The summed E-state index contributed by atoms with van der Waals surface area (Å²) in [6, 6.07) is 0.757. The second-order valence-corrected chi connectivity index (χ2v) is 4.23. The van der Waals surface area contributed by atoms with Gasteiger partial charge in [-0.2, -0.15) is 0 Å². The molecule has 0 bridgehead atoms. The van der Waals surface area contributed by atoms with Gasteiger partial charge in [-0.3, -0.25) is 0 Å². The van der Waals surface area contributed by atoms with Crippen molar-refractivity contribution >= 4 is 0 Å². The molecule has 1 aliphatic rings. The summed E-state index contributed by atoms with van der Waals surface area (Å²) >= 11 is 0. The van der Waals surface area contributed by atoms with Crippen molar-refractivity contribution in [1.82, 2.24) is 5.32 Å². The monoisotopic (exact) mass is 185 g/mol. The van der Waals surface area contributed by atoms with Gasteiger partial charge in [-0.25, -0.2) is 0 Å². The van der Waals surface area contributed by atoms with E-state index in [9.17, 15) is 0 Å². The first-order valence-electron chi connectivity index (χ1n) is 5.45. The number of ether oxygens (including phenoxy) is 1. The molecule has 1 aliphatic carbocycles. The van der Waals surface area contributed by atoms with Crippen LogP contribution in [0.25, 0.3) is 0 Å². The van der Waals surface area contributed by atoms with Crippen molar-refractivity contribution in [1.29, 1.82) is 0 Å². The number of hydrogen-bond acceptors (Lipinski definition) is 2. The Morgan fingerprint density at radius 2 is 2.15 bits per heavy atom. The molecule has 1 fully saturated rings. The summed E-state index contributed by atoms with van der Waals surface area (Å²) < 4.78 is 5.07. The minimum Gasteiger partial charge on any atom is -0.385 e. The summed E-state index contributed by atoms with van der Waals surface area (Å²) in [6.07, 6.45) is 5.32. The summed E-state index contributed by atoms with van der Waals surface area (Å²) in [6.45, 7) is 3.30. The van der Waals surface area contributed by atoms with Gasteiger partial charge in [0.15, 0.2) is 0 Å². The summed E-state index contributed by atoms with van der Waals surface area (Å²) in [5, 5.41) is 3.40. The molecule has 3 atom stereocenters. The Bertz CT molecular complexity index is 138. The zero-order valence-corrected chi connectivity index (χ0v) is 9.18. The molecule has 0 saturated heterocycles. The second-order valence-electron chi connectivity index (χ2n) is 4.23. The molecule has 0 aliphatic heterocycles. The van der Waals surface area contributed by atoms with Crippen LogP contribution < -0.4 is 5.32 Å². The third kappa shape index (κ3) is 2.96. The summed E-state index contributed by atoms with van der Waals surface area (Å²) in [4.78, 5) is 0. The van der Waals surface area contributed by atoms with Crippen molar-refractivity contribution in [2.45, 2.75) is 38.6 Å². The predicted octanol–water partition coefficient (Wildman–Crippen LogP) is 2.05. The zero-order chi connectivity index (χ0) is 9.68. The lowest BCUT2D eigenvalue weighted by molar-refractivity contribution is 0.182. The fraction of sp³-hybridized carbons (Fsp3) is 1.00. The van der Waals surface area contributed by atoms with Gasteiger partial charge in [-0.15, -0.1) is 0 Å². The summed E-state index contributed by atoms with van der Waals surface area (Å²) in [5.74, 6) is 1.77. The van der Waals surface area contributed by atoms with E-state index in [0.717, 1.165) is 24.5 Å². The minimum atomic E-state index is 0.757. The Labute approximate surface area is 82.0 Å². The Morgan fingerprint density at radius 3 is 2.69 bits per heavy atom. The number of methoxy groups -OCH3 is 1. The van der Waals surface area contributed by atoms with Gasteiger partial charge in [0, 0.05) is 19.8 Å². The van der Waals surface area contributed by atoms with Gasteiger partial charge >= 0.3 is 0 Å². The maximum absolute atomic E-state index is 5.07. The molecule has 1 rings (SSSR count). The Morgan fingerprint density at radius 1 is 1.38 bits per heavy atom. The number of nitrogens with one attached hydrogen (secondary N) is 1. The lowest BCUT2D eigenvalue weighted by atomic mass is 9.92. The Hall–Kier alpha value is -0.0800. The SMILES string of the molecule is CNC1CCC(CCCOC)C1C. The first-order valence-corrected chi connectivity index (χ1v) is 5.45. The van der Waals surface area contributed by atoms with E-state index >= 15 is 0 Å². The van der Waals surface area contributed by atoms with Crippen molar-refractivity contribution in [3.8, 4) is 0 Å². The molecule has 0 heterocycles. The van der Waals surface area contributed by atoms with Gasteiger partial charge in [-0.05, 0) is 44.6 Å². The molecule has 0 amide bonds. The van der Waals surface area contributed by atoms with Crippen LogP contribution in [0.15, 0.2) is 0 Å². The standard InChI is InChI=1S/C11H23NO/c1-9-10(5-4-8-13-3)6-7-11(9)12-2/h9-12H,4-8H2,1-3H3. The van der Waals surface area contributed by atoms with Crippen LogP contribution in [0.4, 0.5) is 0 Å².